The lowest BCUT2D eigenvalue weighted by molar-refractivity contribution is 0.0989. The second-order valence-corrected chi connectivity index (χ2v) is 8.02. The van der Waals surface area contributed by atoms with Crippen molar-refractivity contribution in [2.75, 3.05) is 0 Å². The summed E-state index contributed by atoms with van der Waals surface area (Å²) < 4.78 is 1.27. The third kappa shape index (κ3) is 3.61. The molecule has 8 heteroatoms. The third-order valence-electron chi connectivity index (χ3n) is 5.20. The first-order chi connectivity index (χ1) is 14.8. The molecule has 8 nitrogen and oxygen atoms in total. The van der Waals surface area contributed by atoms with Crippen LogP contribution in [0.3, 0.4) is 0 Å². The van der Waals surface area contributed by atoms with E-state index in [0.29, 0.717) is 27.6 Å². The molecule has 2 heterocycles. The first kappa shape index (κ1) is 20.5. The van der Waals surface area contributed by atoms with Gasteiger partial charge in [-0.05, 0) is 43.5 Å². The van der Waals surface area contributed by atoms with E-state index in [2.05, 4.69) is 34.2 Å². The third-order valence-corrected chi connectivity index (χ3v) is 5.20. The van der Waals surface area contributed by atoms with Gasteiger partial charge in [0, 0.05) is 10.8 Å². The number of amides is 1. The Kier molecular flexibility index (Phi) is 5.14. The van der Waals surface area contributed by atoms with Crippen molar-refractivity contribution in [3.63, 3.8) is 0 Å². The molecule has 0 atom stereocenters. The van der Waals surface area contributed by atoms with E-state index in [4.69, 9.17) is 0 Å². The second-order valence-electron chi connectivity index (χ2n) is 8.02. The molecule has 0 aliphatic carbocycles. The number of hydrogen-bond donors (Lipinski definition) is 2. The number of nitrogens with one attached hydrogen (secondary N) is 1. The number of aromatic amines is 1. The minimum atomic E-state index is -0.695. The molecule has 0 spiro atoms. The Morgan fingerprint density at radius 1 is 1.06 bits per heavy atom. The summed E-state index contributed by atoms with van der Waals surface area (Å²) in [5.74, 6) is -0.572. The van der Waals surface area contributed by atoms with Gasteiger partial charge in [-0.25, -0.2) is 4.68 Å². The average Bonchev–Trinajstić information content (AvgIpc) is 3.06. The Morgan fingerprint density at radius 2 is 1.77 bits per heavy atom. The van der Waals surface area contributed by atoms with Crippen LogP contribution in [0.15, 0.2) is 57.5 Å². The van der Waals surface area contributed by atoms with Gasteiger partial charge in [-0.1, -0.05) is 38.1 Å². The molecule has 0 aliphatic heterocycles. The molecule has 1 amide bonds. The molecule has 4 rings (SSSR count). The smallest absolute Gasteiger partial charge is 0.316 e. The van der Waals surface area contributed by atoms with Crippen LogP contribution >= 0.6 is 0 Å². The average molecular weight is 417 g/mol. The van der Waals surface area contributed by atoms with Crippen LogP contribution in [0.25, 0.3) is 21.7 Å². The van der Waals surface area contributed by atoms with E-state index in [1.807, 2.05) is 32.0 Å². The maximum Gasteiger partial charge on any atom is 0.316 e. The summed E-state index contributed by atoms with van der Waals surface area (Å²) in [5, 5.41) is 23.9. The molecule has 0 unspecified atom stereocenters. The quantitative estimate of drug-likeness (QED) is 0.444. The van der Waals surface area contributed by atoms with Gasteiger partial charge in [0.2, 0.25) is 5.88 Å². The molecule has 4 aromatic rings. The minimum absolute atomic E-state index is 0.0369. The van der Waals surface area contributed by atoms with Gasteiger partial charge in [0.15, 0.2) is 11.4 Å². The summed E-state index contributed by atoms with van der Waals surface area (Å²) in [6.07, 6.45) is 0. The van der Waals surface area contributed by atoms with E-state index in [0.717, 1.165) is 5.56 Å². The Balaban J connectivity index is 1.81. The summed E-state index contributed by atoms with van der Waals surface area (Å²) >= 11 is 0. The van der Waals surface area contributed by atoms with E-state index in [1.165, 1.54) is 4.68 Å². The highest BCUT2D eigenvalue weighted by Gasteiger charge is 2.19. The van der Waals surface area contributed by atoms with Crippen molar-refractivity contribution < 1.29 is 9.90 Å². The van der Waals surface area contributed by atoms with Gasteiger partial charge in [0.25, 0.3) is 5.56 Å². The number of carbonyl (C=O) groups excluding carboxylic acids is 1. The normalized spacial score (nSPS) is 12.1. The van der Waals surface area contributed by atoms with Crippen molar-refractivity contribution in [2.24, 2.45) is 10.2 Å². The Hall–Kier alpha value is -3.81. The second kappa shape index (κ2) is 7.79. The molecule has 0 aliphatic rings. The largest absolute Gasteiger partial charge is 0.493 e. The van der Waals surface area contributed by atoms with E-state index in [9.17, 15) is 14.7 Å². The number of H-pyrrole nitrogens is 1. The van der Waals surface area contributed by atoms with Crippen LogP contribution in [0, 0.1) is 0 Å². The number of hydrogen-bond acceptors (Lipinski definition) is 5. The Bertz CT molecular complexity index is 1400. The van der Waals surface area contributed by atoms with E-state index in [-0.39, 0.29) is 28.9 Å². The number of carbonyl (C=O) groups is 1. The fourth-order valence-corrected chi connectivity index (χ4v) is 3.50. The van der Waals surface area contributed by atoms with Crippen molar-refractivity contribution >= 4 is 33.3 Å². The number of nitrogens with zero attached hydrogens (tertiary/aromatic N) is 4. The molecule has 0 saturated heterocycles. The zero-order valence-electron chi connectivity index (χ0n) is 17.7. The lowest BCUT2D eigenvalue weighted by Gasteiger charge is -2.11. The minimum Gasteiger partial charge on any atom is -0.493 e. The van der Waals surface area contributed by atoms with Gasteiger partial charge < -0.3 is 10.1 Å². The van der Waals surface area contributed by atoms with Crippen molar-refractivity contribution in [1.82, 2.24) is 14.8 Å². The summed E-state index contributed by atoms with van der Waals surface area (Å²) in [6.45, 7) is 7.77. The number of fused-ring (bicyclic) bond motifs is 2. The number of benzene rings is 2. The van der Waals surface area contributed by atoms with E-state index >= 15 is 0 Å². The molecule has 158 valence electrons. The van der Waals surface area contributed by atoms with Crippen LogP contribution in [-0.4, -0.2) is 25.8 Å². The van der Waals surface area contributed by atoms with Crippen molar-refractivity contribution in [3.05, 3.63) is 64.1 Å². The Morgan fingerprint density at radius 3 is 2.45 bits per heavy atom. The van der Waals surface area contributed by atoms with Gasteiger partial charge in [-0.2, -0.15) is 5.10 Å². The fourth-order valence-electron chi connectivity index (χ4n) is 3.50. The lowest BCUT2D eigenvalue weighted by atomic mass is 10.0. The zero-order chi connectivity index (χ0) is 22.3. The summed E-state index contributed by atoms with van der Waals surface area (Å²) in [5.41, 5.74) is 1.72. The molecule has 2 N–H and O–H groups in total. The summed E-state index contributed by atoms with van der Waals surface area (Å²) in [6, 6.07) is 12.3. The predicted octanol–water partition coefficient (Wildman–Crippen LogP) is 5.21. The first-order valence-electron chi connectivity index (χ1n) is 10.1. The molecule has 31 heavy (non-hydrogen) atoms. The van der Waals surface area contributed by atoms with Crippen LogP contribution < -0.4 is 5.56 Å². The van der Waals surface area contributed by atoms with Crippen LogP contribution in [0.4, 0.5) is 5.69 Å². The molecule has 2 aromatic heterocycles. The van der Waals surface area contributed by atoms with E-state index < -0.39 is 5.91 Å². The summed E-state index contributed by atoms with van der Waals surface area (Å²) in [4.78, 5) is 28.4. The topological polar surface area (TPSA) is 113 Å². The number of aromatic hydroxyl groups is 1. The predicted molar refractivity (Wildman–Crippen MR) is 119 cm³/mol. The molecule has 0 saturated carbocycles. The highest BCUT2D eigenvalue weighted by Crippen LogP contribution is 2.37. The van der Waals surface area contributed by atoms with Gasteiger partial charge in [-0.3, -0.25) is 9.59 Å². The standard InChI is InChI=1S/C23H23N5O3/c1-12(2)14-9-10-18-17(11-14)19(21(29)24-18)25-26-22(30)20-15-7-5-6-8-16(15)23(31)28(27-20)13(3)4/h5-13,24,29H,1-4H3. The highest BCUT2D eigenvalue weighted by molar-refractivity contribution is 6.05. The molecule has 0 fully saturated rings. The molecular weight excluding hydrogens is 394 g/mol. The molecule has 0 radical (unpaired) electrons. The maximum atomic E-state index is 12.9. The number of aromatic nitrogens is 3. The maximum absolute atomic E-state index is 12.9. The van der Waals surface area contributed by atoms with Gasteiger partial charge in [-0.15, -0.1) is 10.2 Å². The van der Waals surface area contributed by atoms with Crippen molar-refractivity contribution in [3.8, 4) is 5.88 Å². The summed E-state index contributed by atoms with van der Waals surface area (Å²) in [7, 11) is 0. The van der Waals surface area contributed by atoms with Gasteiger partial charge in [0.05, 0.1) is 16.9 Å². The number of azo groups is 1. The SMILES string of the molecule is CC(C)c1ccc2[nH]c(O)c(N=NC(=O)c3nn(C(C)C)c(=O)c4ccccc34)c2c1. The molecule has 0 bridgehead atoms. The van der Waals surface area contributed by atoms with Crippen molar-refractivity contribution in [1.29, 1.82) is 0 Å². The Labute approximate surface area is 178 Å². The first-order valence-corrected chi connectivity index (χ1v) is 10.1. The van der Waals surface area contributed by atoms with Crippen LogP contribution in [0.1, 0.15) is 55.7 Å². The van der Waals surface area contributed by atoms with Crippen LogP contribution in [-0.2, 0) is 0 Å². The van der Waals surface area contributed by atoms with Crippen LogP contribution in [0.2, 0.25) is 0 Å². The zero-order valence-corrected chi connectivity index (χ0v) is 17.7. The van der Waals surface area contributed by atoms with Gasteiger partial charge >= 0.3 is 5.91 Å². The van der Waals surface area contributed by atoms with E-state index in [1.54, 1.807) is 24.3 Å². The monoisotopic (exact) mass is 417 g/mol. The molecular formula is C23H23N5O3. The molecule has 2 aromatic carbocycles. The number of rotatable bonds is 4. The van der Waals surface area contributed by atoms with Gasteiger partial charge in [0.1, 0.15) is 0 Å². The van der Waals surface area contributed by atoms with Crippen LogP contribution in [0.5, 0.6) is 5.88 Å². The van der Waals surface area contributed by atoms with Crippen molar-refractivity contribution in [2.45, 2.75) is 39.7 Å². The highest BCUT2D eigenvalue weighted by atomic mass is 16.3. The fraction of sp³-hybridized carbons (Fsp3) is 0.261. The lowest BCUT2D eigenvalue weighted by Crippen LogP contribution is -2.27.